The van der Waals surface area contributed by atoms with Crippen molar-refractivity contribution in [3.8, 4) is 12.3 Å². The van der Waals surface area contributed by atoms with E-state index < -0.39 is 17.3 Å². The molecule has 0 aliphatic heterocycles. The average molecular weight is 242 g/mol. The van der Waals surface area contributed by atoms with Gasteiger partial charge in [0.15, 0.2) is 0 Å². The van der Waals surface area contributed by atoms with E-state index in [9.17, 15) is 18.3 Å². The van der Waals surface area contributed by atoms with Gasteiger partial charge in [-0.3, -0.25) is 0 Å². The normalized spacial score (nSPS) is 15.1. The first-order chi connectivity index (χ1) is 7.66. The number of aliphatic hydroxyl groups is 1. The average Bonchev–Trinajstić information content (AvgIpc) is 2.15. The molecule has 0 saturated carbocycles. The summed E-state index contributed by atoms with van der Waals surface area (Å²) in [6.07, 6.45) is 0.624. The van der Waals surface area contributed by atoms with E-state index in [0.29, 0.717) is 5.56 Å². The van der Waals surface area contributed by atoms with E-state index in [1.54, 1.807) is 6.92 Å². The summed E-state index contributed by atoms with van der Waals surface area (Å²) in [7, 11) is 0. The molecule has 0 aliphatic rings. The van der Waals surface area contributed by atoms with E-state index in [0.717, 1.165) is 12.1 Å². The fraction of sp³-hybridized carbons (Fsp3) is 0.385. The van der Waals surface area contributed by atoms with Crippen LogP contribution in [0.2, 0.25) is 0 Å². The lowest BCUT2D eigenvalue weighted by Crippen LogP contribution is -2.21. The van der Waals surface area contributed by atoms with Crippen molar-refractivity contribution in [3.05, 3.63) is 34.9 Å². The topological polar surface area (TPSA) is 20.2 Å². The summed E-state index contributed by atoms with van der Waals surface area (Å²) < 4.78 is 37.8. The smallest absolute Gasteiger partial charge is 0.384 e. The molecule has 0 fully saturated rings. The first-order valence-corrected chi connectivity index (χ1v) is 5.02. The van der Waals surface area contributed by atoms with Crippen LogP contribution in [0.25, 0.3) is 0 Å². The van der Waals surface area contributed by atoms with Gasteiger partial charge < -0.3 is 5.11 Å². The largest absolute Gasteiger partial charge is 0.416 e. The van der Waals surface area contributed by atoms with Gasteiger partial charge in [-0.15, -0.1) is 12.3 Å². The van der Waals surface area contributed by atoms with E-state index in [4.69, 9.17) is 6.42 Å². The minimum absolute atomic E-state index is 0.0340. The van der Waals surface area contributed by atoms with Gasteiger partial charge in [0.1, 0.15) is 0 Å². The summed E-state index contributed by atoms with van der Waals surface area (Å²) in [5, 5.41) is 9.99. The highest BCUT2D eigenvalue weighted by Crippen LogP contribution is 2.34. The zero-order chi connectivity index (χ0) is 13.3. The van der Waals surface area contributed by atoms with Crippen molar-refractivity contribution >= 4 is 0 Å². The van der Waals surface area contributed by atoms with Gasteiger partial charge in [-0.05, 0) is 31.5 Å². The summed E-state index contributed by atoms with van der Waals surface area (Å²) in [6.45, 7) is 2.95. The zero-order valence-corrected chi connectivity index (χ0v) is 9.60. The van der Waals surface area contributed by atoms with E-state index in [-0.39, 0.29) is 12.0 Å². The van der Waals surface area contributed by atoms with Crippen LogP contribution in [0, 0.1) is 19.3 Å². The molecule has 1 rings (SSSR count). The predicted octanol–water partition coefficient (Wildman–Crippen LogP) is 3.24. The second kappa shape index (κ2) is 4.42. The van der Waals surface area contributed by atoms with Crippen molar-refractivity contribution in [3.63, 3.8) is 0 Å². The molecule has 92 valence electrons. The van der Waals surface area contributed by atoms with Gasteiger partial charge in [0, 0.05) is 6.42 Å². The number of rotatable bonds is 2. The van der Waals surface area contributed by atoms with Gasteiger partial charge in [-0.1, -0.05) is 11.6 Å². The summed E-state index contributed by atoms with van der Waals surface area (Å²) >= 11 is 0. The number of terminal acetylenes is 1. The summed E-state index contributed by atoms with van der Waals surface area (Å²) in [4.78, 5) is 0. The molecule has 0 aliphatic carbocycles. The number of alkyl halides is 3. The minimum atomic E-state index is -4.42. The van der Waals surface area contributed by atoms with Crippen LogP contribution in [-0.2, 0) is 11.8 Å². The SMILES string of the molecule is C#CCC(C)(O)c1cc(C)cc(C(F)(F)F)c1. The lowest BCUT2D eigenvalue weighted by molar-refractivity contribution is -0.137. The third kappa shape index (κ3) is 3.24. The third-order valence-electron chi connectivity index (χ3n) is 2.47. The molecule has 1 unspecified atom stereocenters. The molecule has 1 aromatic carbocycles. The van der Waals surface area contributed by atoms with Crippen LogP contribution >= 0.6 is 0 Å². The molecule has 1 N–H and O–H groups in total. The van der Waals surface area contributed by atoms with Crippen molar-refractivity contribution in [2.75, 3.05) is 0 Å². The molecule has 1 atom stereocenters. The molecular weight excluding hydrogens is 229 g/mol. The Labute approximate surface area is 98.3 Å². The zero-order valence-electron chi connectivity index (χ0n) is 9.60. The molecule has 0 saturated heterocycles. The standard InChI is InChI=1S/C13H13F3O/c1-4-5-12(3,17)10-6-9(2)7-11(8-10)13(14,15)16/h1,6-8,17H,5H2,2-3H3. The van der Waals surface area contributed by atoms with Gasteiger partial charge in [0.25, 0.3) is 0 Å². The predicted molar refractivity (Wildman–Crippen MR) is 59.2 cm³/mol. The Kier molecular flexibility index (Phi) is 3.53. The van der Waals surface area contributed by atoms with Gasteiger partial charge in [0.2, 0.25) is 0 Å². The molecule has 0 radical (unpaired) electrons. The molecule has 0 amide bonds. The summed E-state index contributed by atoms with van der Waals surface area (Å²) in [6, 6.07) is 3.48. The summed E-state index contributed by atoms with van der Waals surface area (Å²) in [5.74, 6) is 2.25. The number of hydrogen-bond donors (Lipinski definition) is 1. The number of halogens is 3. The monoisotopic (exact) mass is 242 g/mol. The third-order valence-corrected chi connectivity index (χ3v) is 2.47. The van der Waals surface area contributed by atoms with Crippen molar-refractivity contribution in [1.82, 2.24) is 0 Å². The van der Waals surface area contributed by atoms with Crippen molar-refractivity contribution in [2.24, 2.45) is 0 Å². The van der Waals surface area contributed by atoms with Gasteiger partial charge in [-0.25, -0.2) is 0 Å². The van der Waals surface area contributed by atoms with Crippen molar-refractivity contribution in [2.45, 2.75) is 32.0 Å². The summed E-state index contributed by atoms with van der Waals surface area (Å²) in [5.41, 5.74) is -1.60. The quantitative estimate of drug-likeness (QED) is 0.789. The van der Waals surface area contributed by atoms with E-state index >= 15 is 0 Å². The molecule has 0 aromatic heterocycles. The first kappa shape index (κ1) is 13.6. The molecule has 17 heavy (non-hydrogen) atoms. The van der Waals surface area contributed by atoms with Gasteiger partial charge in [-0.2, -0.15) is 13.2 Å². The van der Waals surface area contributed by atoms with E-state index in [1.807, 2.05) is 0 Å². The Hall–Kier alpha value is -1.47. The molecule has 1 nitrogen and oxygen atoms in total. The molecule has 1 aromatic rings. The van der Waals surface area contributed by atoms with Crippen molar-refractivity contribution in [1.29, 1.82) is 0 Å². The maximum atomic E-state index is 12.6. The molecule has 0 heterocycles. The van der Waals surface area contributed by atoms with Gasteiger partial charge >= 0.3 is 6.18 Å². The van der Waals surface area contributed by atoms with E-state index in [1.165, 1.54) is 13.0 Å². The van der Waals surface area contributed by atoms with Crippen molar-refractivity contribution < 1.29 is 18.3 Å². The Morgan fingerprint density at radius 2 is 1.76 bits per heavy atom. The van der Waals surface area contributed by atoms with Crippen LogP contribution in [-0.4, -0.2) is 5.11 Å². The van der Waals surface area contributed by atoms with Crippen LogP contribution in [0.3, 0.4) is 0 Å². The Morgan fingerprint density at radius 1 is 1.24 bits per heavy atom. The fourth-order valence-electron chi connectivity index (χ4n) is 1.56. The maximum Gasteiger partial charge on any atom is 0.416 e. The second-order valence-corrected chi connectivity index (χ2v) is 4.24. The lowest BCUT2D eigenvalue weighted by atomic mass is 9.90. The van der Waals surface area contributed by atoms with Crippen LogP contribution < -0.4 is 0 Å². The van der Waals surface area contributed by atoms with E-state index in [2.05, 4.69) is 5.92 Å². The van der Waals surface area contributed by atoms with Crippen LogP contribution in [0.4, 0.5) is 13.2 Å². The highest BCUT2D eigenvalue weighted by atomic mass is 19.4. The number of hydrogen-bond acceptors (Lipinski definition) is 1. The molecule has 4 heteroatoms. The van der Waals surface area contributed by atoms with Crippen LogP contribution in [0.15, 0.2) is 18.2 Å². The highest BCUT2D eigenvalue weighted by molar-refractivity contribution is 5.34. The maximum absolute atomic E-state index is 12.6. The first-order valence-electron chi connectivity index (χ1n) is 5.02. The fourth-order valence-corrected chi connectivity index (χ4v) is 1.56. The number of benzene rings is 1. The van der Waals surface area contributed by atoms with Gasteiger partial charge in [0.05, 0.1) is 11.2 Å². The molecule has 0 bridgehead atoms. The Balaban J connectivity index is 3.29. The Morgan fingerprint density at radius 3 is 2.24 bits per heavy atom. The Bertz CT molecular complexity index is 453. The lowest BCUT2D eigenvalue weighted by Gasteiger charge is -2.23. The molecule has 0 spiro atoms. The highest BCUT2D eigenvalue weighted by Gasteiger charge is 2.33. The molecular formula is C13H13F3O. The van der Waals surface area contributed by atoms with Crippen LogP contribution in [0.5, 0.6) is 0 Å². The second-order valence-electron chi connectivity index (χ2n) is 4.24. The number of aryl methyl sites for hydroxylation is 1. The minimum Gasteiger partial charge on any atom is -0.384 e. The van der Waals surface area contributed by atoms with Crippen LogP contribution in [0.1, 0.15) is 30.0 Å².